The molecule has 0 aromatic heterocycles. The number of carbonyl (C=O) groups is 1. The molecule has 0 amide bonds. The average Bonchev–Trinajstić information content (AvgIpc) is 2.28. The largest absolute Gasteiger partial charge is 0.295 e. The maximum Gasteiger partial charge on any atom is 0.242 e. The normalized spacial score (nSPS) is 12.1. The first-order chi connectivity index (χ1) is 8.25. The molecule has 0 heterocycles. The van der Waals surface area contributed by atoms with E-state index in [0.29, 0.717) is 12.1 Å². The molecule has 0 aliphatic carbocycles. The predicted molar refractivity (Wildman–Crippen MR) is 71.1 cm³/mol. The Hall–Kier alpha value is -1.20. The maximum atomic E-state index is 12.3. The standard InChI is InChI=1S/C13H19NO3S/c1-10(2)9-14(4)18(16,17)13-7-5-6-12(8-13)11(3)15/h5-8,10H,9H2,1-4H3. The summed E-state index contributed by atoms with van der Waals surface area (Å²) < 4.78 is 25.8. The highest BCUT2D eigenvalue weighted by molar-refractivity contribution is 7.89. The minimum absolute atomic E-state index is 0.140. The number of hydrogen-bond acceptors (Lipinski definition) is 3. The second kappa shape index (κ2) is 5.63. The number of rotatable bonds is 5. The minimum atomic E-state index is -3.51. The molecule has 18 heavy (non-hydrogen) atoms. The molecular weight excluding hydrogens is 250 g/mol. The topological polar surface area (TPSA) is 54.5 Å². The van der Waals surface area contributed by atoms with Gasteiger partial charge in [-0.1, -0.05) is 26.0 Å². The van der Waals surface area contributed by atoms with Crippen LogP contribution in [0, 0.1) is 5.92 Å². The fraction of sp³-hybridized carbons (Fsp3) is 0.462. The molecule has 0 saturated heterocycles. The van der Waals surface area contributed by atoms with Crippen LogP contribution in [-0.2, 0) is 10.0 Å². The van der Waals surface area contributed by atoms with Crippen LogP contribution in [0.15, 0.2) is 29.2 Å². The van der Waals surface area contributed by atoms with Crippen molar-refractivity contribution >= 4 is 15.8 Å². The van der Waals surface area contributed by atoms with Crippen molar-refractivity contribution in [3.8, 4) is 0 Å². The third-order valence-electron chi connectivity index (χ3n) is 2.57. The summed E-state index contributed by atoms with van der Waals surface area (Å²) in [6.45, 7) is 5.78. The van der Waals surface area contributed by atoms with E-state index in [1.165, 1.54) is 23.4 Å². The van der Waals surface area contributed by atoms with E-state index < -0.39 is 10.0 Å². The van der Waals surface area contributed by atoms with E-state index in [0.717, 1.165) is 0 Å². The van der Waals surface area contributed by atoms with Crippen LogP contribution in [0.3, 0.4) is 0 Å². The molecule has 0 bridgehead atoms. The summed E-state index contributed by atoms with van der Waals surface area (Å²) >= 11 is 0. The molecule has 0 atom stereocenters. The van der Waals surface area contributed by atoms with Gasteiger partial charge in [0, 0.05) is 19.2 Å². The highest BCUT2D eigenvalue weighted by Crippen LogP contribution is 2.17. The van der Waals surface area contributed by atoms with E-state index in [4.69, 9.17) is 0 Å². The zero-order valence-corrected chi connectivity index (χ0v) is 12.0. The molecule has 5 heteroatoms. The number of sulfonamides is 1. The summed E-state index contributed by atoms with van der Waals surface area (Å²) in [5.74, 6) is 0.110. The van der Waals surface area contributed by atoms with Gasteiger partial charge in [-0.15, -0.1) is 0 Å². The Kier molecular flexibility index (Phi) is 4.65. The number of benzene rings is 1. The molecule has 0 aliphatic heterocycles. The second-order valence-corrected chi connectivity index (χ2v) is 6.81. The van der Waals surface area contributed by atoms with Gasteiger partial charge in [-0.05, 0) is 25.0 Å². The fourth-order valence-electron chi connectivity index (χ4n) is 1.67. The number of hydrogen-bond donors (Lipinski definition) is 0. The van der Waals surface area contributed by atoms with Crippen molar-refractivity contribution in [1.29, 1.82) is 0 Å². The smallest absolute Gasteiger partial charge is 0.242 e. The van der Waals surface area contributed by atoms with Crippen molar-refractivity contribution in [3.63, 3.8) is 0 Å². The van der Waals surface area contributed by atoms with E-state index in [9.17, 15) is 13.2 Å². The number of Topliss-reactive ketones (excluding diaryl/α,β-unsaturated/α-hetero) is 1. The van der Waals surface area contributed by atoms with Crippen molar-refractivity contribution in [2.24, 2.45) is 5.92 Å². The highest BCUT2D eigenvalue weighted by Gasteiger charge is 2.21. The van der Waals surface area contributed by atoms with Gasteiger partial charge < -0.3 is 0 Å². The zero-order chi connectivity index (χ0) is 13.9. The van der Waals surface area contributed by atoms with Crippen molar-refractivity contribution in [2.45, 2.75) is 25.7 Å². The van der Waals surface area contributed by atoms with Gasteiger partial charge in [-0.25, -0.2) is 12.7 Å². The van der Waals surface area contributed by atoms with Gasteiger partial charge in [0.05, 0.1) is 4.90 Å². The molecule has 4 nitrogen and oxygen atoms in total. The summed E-state index contributed by atoms with van der Waals surface area (Å²) in [6.07, 6.45) is 0. The quantitative estimate of drug-likeness (QED) is 0.770. The van der Waals surface area contributed by atoms with Crippen molar-refractivity contribution in [2.75, 3.05) is 13.6 Å². The van der Waals surface area contributed by atoms with Gasteiger partial charge in [0.2, 0.25) is 10.0 Å². The lowest BCUT2D eigenvalue weighted by Gasteiger charge is -2.19. The Morgan fingerprint density at radius 3 is 2.44 bits per heavy atom. The Morgan fingerprint density at radius 1 is 1.33 bits per heavy atom. The van der Waals surface area contributed by atoms with Crippen molar-refractivity contribution in [1.82, 2.24) is 4.31 Å². The van der Waals surface area contributed by atoms with E-state index in [2.05, 4.69) is 0 Å². The van der Waals surface area contributed by atoms with Gasteiger partial charge in [0.15, 0.2) is 5.78 Å². The maximum absolute atomic E-state index is 12.3. The number of ketones is 1. The molecule has 0 aliphatic rings. The fourth-order valence-corrected chi connectivity index (χ4v) is 3.05. The van der Waals surface area contributed by atoms with Crippen LogP contribution in [0.5, 0.6) is 0 Å². The van der Waals surface area contributed by atoms with E-state index in [1.807, 2.05) is 13.8 Å². The van der Waals surface area contributed by atoms with Crippen molar-refractivity contribution in [3.05, 3.63) is 29.8 Å². The summed E-state index contributed by atoms with van der Waals surface area (Å²) in [4.78, 5) is 11.4. The summed E-state index contributed by atoms with van der Waals surface area (Å²) in [5.41, 5.74) is 0.411. The van der Waals surface area contributed by atoms with E-state index in [-0.39, 0.29) is 16.6 Å². The Balaban J connectivity index is 3.12. The Morgan fingerprint density at radius 2 is 1.94 bits per heavy atom. The summed E-state index contributed by atoms with van der Waals surface area (Å²) in [7, 11) is -1.96. The first-order valence-electron chi connectivity index (χ1n) is 5.82. The molecule has 1 aromatic carbocycles. The first kappa shape index (κ1) is 14.9. The average molecular weight is 269 g/mol. The van der Waals surface area contributed by atoms with Crippen LogP contribution >= 0.6 is 0 Å². The van der Waals surface area contributed by atoms with Crippen LogP contribution < -0.4 is 0 Å². The third kappa shape index (κ3) is 3.40. The third-order valence-corrected chi connectivity index (χ3v) is 4.39. The van der Waals surface area contributed by atoms with Gasteiger partial charge in [0.25, 0.3) is 0 Å². The molecule has 0 radical (unpaired) electrons. The summed E-state index contributed by atoms with van der Waals surface area (Å²) in [5, 5.41) is 0. The molecule has 1 rings (SSSR count). The van der Waals surface area contributed by atoms with Gasteiger partial charge >= 0.3 is 0 Å². The van der Waals surface area contributed by atoms with Gasteiger partial charge in [-0.2, -0.15) is 0 Å². The van der Waals surface area contributed by atoms with Gasteiger partial charge in [-0.3, -0.25) is 4.79 Å². The Bertz CT molecular complexity index is 535. The monoisotopic (exact) mass is 269 g/mol. The molecule has 0 saturated carbocycles. The lowest BCUT2D eigenvalue weighted by Crippen LogP contribution is -2.30. The highest BCUT2D eigenvalue weighted by atomic mass is 32.2. The molecule has 0 unspecified atom stereocenters. The van der Waals surface area contributed by atoms with E-state index >= 15 is 0 Å². The van der Waals surface area contributed by atoms with Crippen LogP contribution in [0.25, 0.3) is 0 Å². The first-order valence-corrected chi connectivity index (χ1v) is 7.26. The SMILES string of the molecule is CC(=O)c1cccc(S(=O)(=O)N(C)CC(C)C)c1. The van der Waals surface area contributed by atoms with Crippen LogP contribution in [0.2, 0.25) is 0 Å². The summed E-state index contributed by atoms with van der Waals surface area (Å²) in [6, 6.07) is 6.14. The molecule has 0 spiro atoms. The predicted octanol–water partition coefficient (Wildman–Crippen LogP) is 2.17. The lowest BCUT2D eigenvalue weighted by molar-refractivity contribution is 0.101. The molecular formula is C13H19NO3S. The van der Waals surface area contributed by atoms with Gasteiger partial charge in [0.1, 0.15) is 0 Å². The van der Waals surface area contributed by atoms with E-state index in [1.54, 1.807) is 19.2 Å². The van der Waals surface area contributed by atoms with Crippen LogP contribution in [0.1, 0.15) is 31.1 Å². The molecule has 1 aromatic rings. The minimum Gasteiger partial charge on any atom is -0.295 e. The zero-order valence-electron chi connectivity index (χ0n) is 11.2. The number of carbonyl (C=O) groups excluding carboxylic acids is 1. The van der Waals surface area contributed by atoms with Crippen molar-refractivity contribution < 1.29 is 13.2 Å². The van der Waals surface area contributed by atoms with Crippen LogP contribution in [-0.4, -0.2) is 32.1 Å². The number of nitrogens with zero attached hydrogens (tertiary/aromatic N) is 1. The lowest BCUT2D eigenvalue weighted by atomic mass is 10.2. The molecule has 0 fully saturated rings. The van der Waals surface area contributed by atoms with Crippen LogP contribution in [0.4, 0.5) is 0 Å². The molecule has 100 valence electrons. The molecule has 0 N–H and O–H groups in total. The Labute approximate surface area is 109 Å². The second-order valence-electron chi connectivity index (χ2n) is 4.76.